The van der Waals surface area contributed by atoms with Crippen LogP contribution in [0.2, 0.25) is 0 Å². The van der Waals surface area contributed by atoms with Crippen molar-refractivity contribution in [1.82, 2.24) is 19.8 Å². The smallest absolute Gasteiger partial charge is 0.327 e. The number of hydrogen-bond acceptors (Lipinski definition) is 4. The van der Waals surface area contributed by atoms with Crippen LogP contribution in [0.3, 0.4) is 0 Å². The number of halogens is 2. The normalized spacial score (nSPS) is 22.7. The first-order chi connectivity index (χ1) is 13.4. The minimum absolute atomic E-state index is 0.0151. The summed E-state index contributed by atoms with van der Waals surface area (Å²) in [6.45, 7) is 4.26. The predicted molar refractivity (Wildman–Crippen MR) is 105 cm³/mol. The largest absolute Gasteiger partial charge is 0.367 e. The summed E-state index contributed by atoms with van der Waals surface area (Å²) in [6.07, 6.45) is 2.56. The Morgan fingerprint density at radius 2 is 2.07 bits per heavy atom. The summed E-state index contributed by atoms with van der Waals surface area (Å²) >= 11 is 0. The molecular formula is C20H27F2N5O. The van der Waals surface area contributed by atoms with E-state index in [9.17, 15) is 13.6 Å². The third-order valence-corrected chi connectivity index (χ3v) is 5.95. The van der Waals surface area contributed by atoms with E-state index in [0.717, 1.165) is 42.9 Å². The predicted octanol–water partition coefficient (Wildman–Crippen LogP) is 3.17. The zero-order valence-electron chi connectivity index (χ0n) is 16.2. The fourth-order valence-corrected chi connectivity index (χ4v) is 4.24. The number of carbonyl (C=O) groups is 1. The molecule has 0 radical (unpaired) electrons. The fourth-order valence-electron chi connectivity index (χ4n) is 4.24. The van der Waals surface area contributed by atoms with Crippen molar-refractivity contribution in [1.29, 1.82) is 0 Å². The molecule has 2 aromatic rings. The molecule has 1 unspecified atom stereocenters. The lowest BCUT2D eigenvalue weighted by atomic mass is 10.0. The van der Waals surface area contributed by atoms with Crippen molar-refractivity contribution in [2.24, 2.45) is 5.92 Å². The minimum Gasteiger partial charge on any atom is -0.367 e. The lowest BCUT2D eigenvalue weighted by molar-refractivity contribution is 0.00478. The van der Waals surface area contributed by atoms with E-state index in [1.807, 2.05) is 18.2 Å². The average Bonchev–Trinajstić information content (AvgIpc) is 3.25. The Morgan fingerprint density at radius 3 is 2.79 bits per heavy atom. The van der Waals surface area contributed by atoms with Gasteiger partial charge in [0.25, 0.3) is 0 Å². The van der Waals surface area contributed by atoms with E-state index in [1.54, 1.807) is 6.33 Å². The maximum Gasteiger partial charge on any atom is 0.327 e. The zero-order chi connectivity index (χ0) is 19.7. The van der Waals surface area contributed by atoms with Crippen LogP contribution in [0.5, 0.6) is 0 Å². The number of imidazole rings is 1. The molecule has 0 spiro atoms. The van der Waals surface area contributed by atoms with E-state index >= 15 is 0 Å². The lowest BCUT2D eigenvalue weighted by Crippen LogP contribution is -2.44. The van der Waals surface area contributed by atoms with Gasteiger partial charge in [-0.25, -0.2) is 18.6 Å². The second kappa shape index (κ2) is 7.66. The first kappa shape index (κ1) is 19.1. The average molecular weight is 391 g/mol. The number of rotatable bonds is 4. The Morgan fingerprint density at radius 1 is 1.29 bits per heavy atom. The number of piperazine rings is 1. The first-order valence-corrected chi connectivity index (χ1v) is 9.98. The second-order valence-electron chi connectivity index (χ2n) is 8.04. The van der Waals surface area contributed by atoms with Crippen LogP contribution in [-0.4, -0.2) is 66.2 Å². The molecule has 6 nitrogen and oxygen atoms in total. The van der Waals surface area contributed by atoms with Crippen LogP contribution in [0.25, 0.3) is 11.0 Å². The number of anilines is 1. The molecule has 8 heteroatoms. The first-order valence-electron chi connectivity index (χ1n) is 9.98. The highest BCUT2D eigenvalue weighted by Gasteiger charge is 2.38. The van der Waals surface area contributed by atoms with Gasteiger partial charge in [-0.3, -0.25) is 4.57 Å². The van der Waals surface area contributed by atoms with Gasteiger partial charge < -0.3 is 15.1 Å². The van der Waals surface area contributed by atoms with Gasteiger partial charge in [0, 0.05) is 45.6 Å². The summed E-state index contributed by atoms with van der Waals surface area (Å²) in [6, 6.07) is 5.62. The van der Waals surface area contributed by atoms with E-state index in [2.05, 4.69) is 27.1 Å². The van der Waals surface area contributed by atoms with Crippen molar-refractivity contribution < 1.29 is 13.6 Å². The SMILES string of the molecule is CN1CCN(c2cccc3c2ncn3C(=O)NCCC2CCC(F)(F)C2)CC1. The van der Waals surface area contributed by atoms with Crippen LogP contribution in [0, 0.1) is 5.92 Å². The molecule has 1 aliphatic heterocycles. The lowest BCUT2D eigenvalue weighted by Gasteiger charge is -2.34. The van der Waals surface area contributed by atoms with Crippen molar-refractivity contribution in [3.8, 4) is 0 Å². The molecule has 1 saturated heterocycles. The summed E-state index contributed by atoms with van der Waals surface area (Å²) in [5.41, 5.74) is 2.63. The standard InChI is InChI=1S/C20H27F2N5O/c1-25-9-11-26(12-10-25)16-3-2-4-17-18(16)24-14-27(17)19(28)23-8-6-15-5-7-20(21,22)13-15/h2-4,14-15H,5-13H2,1H3,(H,23,28). The summed E-state index contributed by atoms with van der Waals surface area (Å²) in [7, 11) is 2.11. The molecule has 28 heavy (non-hydrogen) atoms. The zero-order valence-corrected chi connectivity index (χ0v) is 16.2. The maximum absolute atomic E-state index is 13.3. The Labute approximate surface area is 163 Å². The number of alkyl halides is 2. The molecule has 4 rings (SSSR count). The van der Waals surface area contributed by atoms with Crippen molar-refractivity contribution >= 4 is 22.8 Å². The number of aromatic nitrogens is 2. The van der Waals surface area contributed by atoms with E-state index in [1.165, 1.54) is 4.57 Å². The number of carbonyl (C=O) groups excluding carboxylic acids is 1. The third-order valence-electron chi connectivity index (χ3n) is 5.95. The highest BCUT2D eigenvalue weighted by atomic mass is 19.3. The summed E-state index contributed by atoms with van der Waals surface area (Å²) in [4.78, 5) is 21.7. The molecule has 1 amide bonds. The Balaban J connectivity index is 1.41. The quantitative estimate of drug-likeness (QED) is 0.870. The highest BCUT2D eigenvalue weighted by Crippen LogP contribution is 2.40. The van der Waals surface area contributed by atoms with Crippen LogP contribution in [-0.2, 0) is 0 Å². The number of para-hydroxylation sites is 1. The Hall–Kier alpha value is -2.22. The molecule has 1 atom stereocenters. The van der Waals surface area contributed by atoms with Crippen molar-refractivity contribution in [3.05, 3.63) is 24.5 Å². The minimum atomic E-state index is -2.53. The van der Waals surface area contributed by atoms with Crippen molar-refractivity contribution in [3.63, 3.8) is 0 Å². The van der Waals surface area contributed by atoms with Crippen LogP contribution < -0.4 is 10.2 Å². The Kier molecular flexibility index (Phi) is 5.23. The van der Waals surface area contributed by atoms with Gasteiger partial charge in [0.2, 0.25) is 5.92 Å². The number of nitrogens with zero attached hydrogens (tertiary/aromatic N) is 4. The Bertz CT molecular complexity index is 844. The molecule has 2 aliphatic rings. The van der Waals surface area contributed by atoms with Gasteiger partial charge in [0.15, 0.2) is 0 Å². The van der Waals surface area contributed by atoms with E-state index < -0.39 is 5.92 Å². The second-order valence-corrected chi connectivity index (χ2v) is 8.04. The highest BCUT2D eigenvalue weighted by molar-refractivity contribution is 5.95. The summed E-state index contributed by atoms with van der Waals surface area (Å²) in [5, 5.41) is 2.86. The fraction of sp³-hybridized carbons (Fsp3) is 0.600. The number of likely N-dealkylation sites (N-methyl/N-ethyl adjacent to an activating group) is 1. The number of fused-ring (bicyclic) bond motifs is 1. The van der Waals surface area contributed by atoms with Gasteiger partial charge in [-0.1, -0.05) is 6.07 Å². The number of nitrogens with one attached hydrogen (secondary N) is 1. The molecule has 2 heterocycles. The molecule has 152 valence electrons. The van der Waals surface area contributed by atoms with Gasteiger partial charge in [0.05, 0.1) is 11.2 Å². The molecule has 0 bridgehead atoms. The number of amides is 1. The van der Waals surface area contributed by atoms with Gasteiger partial charge in [0.1, 0.15) is 11.8 Å². The molecule has 2 fully saturated rings. The number of benzene rings is 1. The molecular weight excluding hydrogens is 364 g/mol. The molecule has 1 aromatic carbocycles. The topological polar surface area (TPSA) is 53.4 Å². The van der Waals surface area contributed by atoms with Gasteiger partial charge >= 0.3 is 6.03 Å². The monoisotopic (exact) mass is 391 g/mol. The summed E-state index contributed by atoms with van der Waals surface area (Å²) < 4.78 is 28.1. The van der Waals surface area contributed by atoms with Gasteiger partial charge in [-0.05, 0) is 37.9 Å². The van der Waals surface area contributed by atoms with Gasteiger partial charge in [-0.15, -0.1) is 0 Å². The molecule has 1 N–H and O–H groups in total. The van der Waals surface area contributed by atoms with E-state index in [-0.39, 0.29) is 24.8 Å². The van der Waals surface area contributed by atoms with Crippen LogP contribution in [0.15, 0.2) is 24.5 Å². The van der Waals surface area contributed by atoms with Crippen LogP contribution in [0.1, 0.15) is 25.7 Å². The van der Waals surface area contributed by atoms with Crippen molar-refractivity contribution in [2.75, 3.05) is 44.7 Å². The molecule has 1 saturated carbocycles. The summed E-state index contributed by atoms with van der Waals surface area (Å²) in [5.74, 6) is -2.55. The van der Waals surface area contributed by atoms with Crippen LogP contribution in [0.4, 0.5) is 19.3 Å². The third kappa shape index (κ3) is 3.97. The van der Waals surface area contributed by atoms with Crippen molar-refractivity contribution in [2.45, 2.75) is 31.6 Å². The van der Waals surface area contributed by atoms with E-state index in [0.29, 0.717) is 19.4 Å². The van der Waals surface area contributed by atoms with Gasteiger partial charge in [-0.2, -0.15) is 0 Å². The van der Waals surface area contributed by atoms with Crippen LogP contribution >= 0.6 is 0 Å². The number of hydrogen-bond donors (Lipinski definition) is 1. The maximum atomic E-state index is 13.3. The van der Waals surface area contributed by atoms with E-state index in [4.69, 9.17) is 0 Å². The molecule has 1 aromatic heterocycles. The molecule has 1 aliphatic carbocycles.